The molecule has 1 saturated heterocycles. The fourth-order valence-corrected chi connectivity index (χ4v) is 4.86. The summed E-state index contributed by atoms with van der Waals surface area (Å²) < 4.78 is 18.9. The first-order chi connectivity index (χ1) is 14.1. The summed E-state index contributed by atoms with van der Waals surface area (Å²) in [5.74, 6) is 1.19. The topological polar surface area (TPSA) is 44.5 Å². The fourth-order valence-electron chi connectivity index (χ4n) is 4.70. The molecule has 2 fully saturated rings. The van der Waals surface area contributed by atoms with Crippen molar-refractivity contribution in [3.8, 4) is 0 Å². The van der Waals surface area contributed by atoms with Gasteiger partial charge in [0.05, 0.1) is 10.4 Å². The fraction of sp³-hybridized carbons (Fsp3) is 0.682. The largest absolute Gasteiger partial charge is 0.354 e. The Morgan fingerprint density at radius 3 is 2.66 bits per heavy atom. The molecule has 29 heavy (non-hydrogen) atoms. The van der Waals surface area contributed by atoms with Crippen LogP contribution in [-0.4, -0.2) is 55.4 Å². The van der Waals surface area contributed by atoms with Crippen LogP contribution in [0.3, 0.4) is 0 Å². The van der Waals surface area contributed by atoms with Gasteiger partial charge >= 0.3 is 0 Å². The Bertz CT molecular complexity index is 797. The Morgan fingerprint density at radius 2 is 1.93 bits per heavy atom. The first-order valence-electron chi connectivity index (χ1n) is 11.1. The number of aromatic nitrogens is 1. The van der Waals surface area contributed by atoms with Crippen molar-refractivity contribution < 1.29 is 8.91 Å². The Kier molecular flexibility index (Phi) is 6.93. The van der Waals surface area contributed by atoms with E-state index in [-0.39, 0.29) is 5.02 Å². The molecule has 160 valence electrons. The quantitative estimate of drug-likeness (QED) is 0.701. The van der Waals surface area contributed by atoms with Gasteiger partial charge in [0.1, 0.15) is 5.82 Å². The highest BCUT2D eigenvalue weighted by Crippen LogP contribution is 2.31. The molecule has 0 atom stereocenters. The van der Waals surface area contributed by atoms with E-state index in [9.17, 15) is 4.39 Å². The van der Waals surface area contributed by atoms with Crippen LogP contribution in [0.15, 0.2) is 16.7 Å². The monoisotopic (exact) mass is 422 g/mol. The van der Waals surface area contributed by atoms with Crippen LogP contribution in [0.5, 0.6) is 0 Å². The molecule has 2 aliphatic rings. The zero-order chi connectivity index (χ0) is 20.2. The average molecular weight is 423 g/mol. The first-order valence-corrected chi connectivity index (χ1v) is 11.5. The second kappa shape index (κ2) is 9.63. The molecule has 1 N–H and O–H groups in total. The van der Waals surface area contributed by atoms with Gasteiger partial charge in [-0.15, -0.1) is 0 Å². The van der Waals surface area contributed by atoms with Crippen LogP contribution in [0.2, 0.25) is 5.02 Å². The van der Waals surface area contributed by atoms with Gasteiger partial charge in [-0.3, -0.25) is 4.90 Å². The highest BCUT2D eigenvalue weighted by atomic mass is 35.5. The number of nitrogens with zero attached hydrogens (tertiary/aromatic N) is 3. The van der Waals surface area contributed by atoms with Crippen LogP contribution in [0, 0.1) is 11.7 Å². The molecule has 0 bridgehead atoms. The molecule has 0 unspecified atom stereocenters. The molecule has 1 aliphatic carbocycles. The summed E-state index contributed by atoms with van der Waals surface area (Å²) >= 11 is 5.95. The Labute approximate surface area is 177 Å². The van der Waals surface area contributed by atoms with Gasteiger partial charge in [0.2, 0.25) is 0 Å². The van der Waals surface area contributed by atoms with Crippen LogP contribution in [-0.2, 0) is 0 Å². The van der Waals surface area contributed by atoms with Gasteiger partial charge in [-0.05, 0) is 63.6 Å². The van der Waals surface area contributed by atoms with Gasteiger partial charge in [0, 0.05) is 38.3 Å². The lowest BCUT2D eigenvalue weighted by atomic mass is 9.84. The minimum Gasteiger partial charge on any atom is -0.354 e. The van der Waals surface area contributed by atoms with Crippen LogP contribution in [0.25, 0.3) is 11.0 Å². The number of hydrogen-bond donors (Lipinski definition) is 1. The van der Waals surface area contributed by atoms with E-state index in [0.717, 1.165) is 55.9 Å². The third-order valence-corrected chi connectivity index (χ3v) is 6.84. The molecule has 5 nitrogen and oxygen atoms in total. The number of anilines is 1. The van der Waals surface area contributed by atoms with Gasteiger partial charge in [0.25, 0.3) is 0 Å². The van der Waals surface area contributed by atoms with E-state index < -0.39 is 5.82 Å². The predicted octanol–water partition coefficient (Wildman–Crippen LogP) is 4.69. The molecular formula is C22H32ClFN4O. The van der Waals surface area contributed by atoms with E-state index in [1.807, 2.05) is 0 Å². The molecule has 1 saturated carbocycles. The summed E-state index contributed by atoms with van der Waals surface area (Å²) in [6.07, 6.45) is 7.93. The lowest BCUT2D eigenvalue weighted by Crippen LogP contribution is -2.47. The van der Waals surface area contributed by atoms with Crippen LogP contribution in [0.4, 0.5) is 10.2 Å². The van der Waals surface area contributed by atoms with Crippen molar-refractivity contribution in [3.05, 3.63) is 23.0 Å². The molecule has 7 heteroatoms. The summed E-state index contributed by atoms with van der Waals surface area (Å²) in [6.45, 7) is 8.43. The third kappa shape index (κ3) is 5.04. The summed E-state index contributed by atoms with van der Waals surface area (Å²) in [5, 5.41) is 8.75. The molecule has 2 heterocycles. The van der Waals surface area contributed by atoms with E-state index in [4.69, 9.17) is 16.1 Å². The van der Waals surface area contributed by atoms with Crippen molar-refractivity contribution in [1.82, 2.24) is 15.4 Å². The van der Waals surface area contributed by atoms with Crippen LogP contribution < -0.4 is 10.2 Å². The maximum absolute atomic E-state index is 13.6. The van der Waals surface area contributed by atoms with E-state index in [1.165, 1.54) is 51.1 Å². The zero-order valence-electron chi connectivity index (χ0n) is 17.3. The standard InChI is InChI=1S/C22H32ClFN4O/c1-2-8-25-17-5-3-16(4-6-17)7-9-27-10-12-28(13-11-27)22-18-14-19(23)20(24)15-21(18)29-26-22/h14-17,25H,2-13H2,1H3. The normalized spacial score (nSPS) is 23.8. The summed E-state index contributed by atoms with van der Waals surface area (Å²) in [4.78, 5) is 4.79. The second-order valence-electron chi connectivity index (χ2n) is 8.56. The molecule has 2 aromatic rings. The molecule has 1 aromatic carbocycles. The summed E-state index contributed by atoms with van der Waals surface area (Å²) in [5.41, 5.74) is 0.452. The lowest BCUT2D eigenvalue weighted by Gasteiger charge is -2.36. The molecule has 4 rings (SSSR count). The van der Waals surface area contributed by atoms with Crippen molar-refractivity contribution in [2.24, 2.45) is 5.92 Å². The van der Waals surface area contributed by atoms with Gasteiger partial charge in [-0.25, -0.2) is 4.39 Å². The van der Waals surface area contributed by atoms with E-state index >= 15 is 0 Å². The minimum atomic E-state index is -0.470. The SMILES string of the molecule is CCCNC1CCC(CCN2CCN(c3noc4cc(F)c(Cl)cc34)CC2)CC1. The van der Waals surface area contributed by atoms with E-state index in [2.05, 4.69) is 27.2 Å². The number of nitrogens with one attached hydrogen (secondary N) is 1. The third-order valence-electron chi connectivity index (χ3n) is 6.55. The predicted molar refractivity (Wildman–Crippen MR) is 116 cm³/mol. The number of halogens is 2. The van der Waals surface area contributed by atoms with Crippen molar-refractivity contribution in [3.63, 3.8) is 0 Å². The second-order valence-corrected chi connectivity index (χ2v) is 8.96. The molecular weight excluding hydrogens is 391 g/mol. The Morgan fingerprint density at radius 1 is 1.17 bits per heavy atom. The van der Waals surface area contributed by atoms with Crippen LogP contribution >= 0.6 is 11.6 Å². The van der Waals surface area contributed by atoms with Crippen molar-refractivity contribution >= 4 is 28.4 Å². The average Bonchev–Trinajstić information content (AvgIpc) is 3.14. The highest BCUT2D eigenvalue weighted by Gasteiger charge is 2.24. The number of hydrogen-bond acceptors (Lipinski definition) is 5. The van der Waals surface area contributed by atoms with Gasteiger partial charge in [-0.2, -0.15) is 0 Å². The van der Waals surface area contributed by atoms with Gasteiger partial charge in [0.15, 0.2) is 11.4 Å². The maximum Gasteiger partial charge on any atom is 0.180 e. The molecule has 0 radical (unpaired) electrons. The maximum atomic E-state index is 13.6. The van der Waals surface area contributed by atoms with E-state index in [0.29, 0.717) is 5.58 Å². The van der Waals surface area contributed by atoms with Gasteiger partial charge < -0.3 is 14.7 Å². The number of fused-ring (bicyclic) bond motifs is 1. The number of rotatable bonds is 7. The summed E-state index contributed by atoms with van der Waals surface area (Å²) in [6, 6.07) is 3.68. The smallest absolute Gasteiger partial charge is 0.180 e. The number of piperazine rings is 1. The van der Waals surface area contributed by atoms with Crippen molar-refractivity contribution in [2.75, 3.05) is 44.2 Å². The molecule has 1 aliphatic heterocycles. The molecule has 0 spiro atoms. The zero-order valence-corrected chi connectivity index (χ0v) is 18.1. The molecule has 0 amide bonds. The molecule has 1 aromatic heterocycles. The van der Waals surface area contributed by atoms with Crippen molar-refractivity contribution in [1.29, 1.82) is 0 Å². The lowest BCUT2D eigenvalue weighted by molar-refractivity contribution is 0.210. The van der Waals surface area contributed by atoms with Crippen LogP contribution in [0.1, 0.15) is 45.4 Å². The Balaban J connectivity index is 1.23. The minimum absolute atomic E-state index is 0.111. The highest BCUT2D eigenvalue weighted by molar-refractivity contribution is 6.31. The van der Waals surface area contributed by atoms with E-state index in [1.54, 1.807) is 6.07 Å². The first kappa shape index (κ1) is 20.9. The van der Waals surface area contributed by atoms with Crippen molar-refractivity contribution in [2.45, 2.75) is 51.5 Å². The number of benzene rings is 1. The Hall–Kier alpha value is -1.37. The van der Waals surface area contributed by atoms with Gasteiger partial charge in [-0.1, -0.05) is 23.7 Å². The summed E-state index contributed by atoms with van der Waals surface area (Å²) in [7, 11) is 0.